The molecule has 1 saturated carbocycles. The van der Waals surface area contributed by atoms with Crippen LogP contribution in [0.4, 0.5) is 5.82 Å². The molecule has 0 spiro atoms. The van der Waals surface area contributed by atoms with Crippen LogP contribution in [0.5, 0.6) is 0 Å². The lowest BCUT2D eigenvalue weighted by molar-refractivity contribution is 0.0746. The fourth-order valence-corrected chi connectivity index (χ4v) is 3.16. The summed E-state index contributed by atoms with van der Waals surface area (Å²) in [5.74, 6) is 2.68. The summed E-state index contributed by atoms with van der Waals surface area (Å²) in [5.41, 5.74) is 1.80. The van der Waals surface area contributed by atoms with E-state index in [0.717, 1.165) is 49.1 Å². The fraction of sp³-hybridized carbons (Fsp3) is 0.421. The van der Waals surface area contributed by atoms with Crippen LogP contribution >= 0.6 is 0 Å². The second kappa shape index (κ2) is 6.23. The van der Waals surface area contributed by atoms with Gasteiger partial charge in [0.15, 0.2) is 0 Å². The smallest absolute Gasteiger partial charge is 0.253 e. The minimum Gasteiger partial charge on any atom is -0.353 e. The molecule has 2 fully saturated rings. The first-order valence-corrected chi connectivity index (χ1v) is 8.65. The molecule has 5 nitrogen and oxygen atoms in total. The maximum absolute atomic E-state index is 12.5. The number of hydrogen-bond donors (Lipinski definition) is 0. The van der Waals surface area contributed by atoms with Crippen LogP contribution in [0, 0.1) is 6.92 Å². The maximum Gasteiger partial charge on any atom is 0.253 e. The van der Waals surface area contributed by atoms with Crippen LogP contribution in [-0.2, 0) is 0 Å². The number of nitrogens with zero attached hydrogens (tertiary/aromatic N) is 4. The zero-order valence-corrected chi connectivity index (χ0v) is 14.0. The lowest BCUT2D eigenvalue weighted by Crippen LogP contribution is -2.49. The summed E-state index contributed by atoms with van der Waals surface area (Å²) in [5, 5.41) is 0. The van der Waals surface area contributed by atoms with Crippen molar-refractivity contribution in [2.75, 3.05) is 31.1 Å². The second-order valence-corrected chi connectivity index (χ2v) is 6.65. The Morgan fingerprint density at radius 3 is 2.42 bits per heavy atom. The van der Waals surface area contributed by atoms with E-state index in [9.17, 15) is 4.79 Å². The third kappa shape index (κ3) is 3.11. The molecule has 124 valence electrons. The predicted octanol–water partition coefficient (Wildman–Crippen LogP) is 2.62. The molecule has 5 heteroatoms. The molecular weight excluding hydrogens is 300 g/mol. The molecule has 0 atom stereocenters. The molecule has 1 amide bonds. The molecular formula is C19H22N4O. The van der Waals surface area contributed by atoms with Gasteiger partial charge < -0.3 is 9.80 Å². The molecule has 24 heavy (non-hydrogen) atoms. The third-order valence-corrected chi connectivity index (χ3v) is 4.71. The van der Waals surface area contributed by atoms with Gasteiger partial charge in [-0.25, -0.2) is 9.97 Å². The summed E-state index contributed by atoms with van der Waals surface area (Å²) >= 11 is 0. The van der Waals surface area contributed by atoms with Gasteiger partial charge >= 0.3 is 0 Å². The standard InChI is InChI=1S/C19H22N4O/c1-14-13-17(21-18(20-14)15-7-8-15)22-9-11-23(12-10-22)19(24)16-5-3-2-4-6-16/h2-6,13,15H,7-12H2,1H3. The number of rotatable bonds is 3. The van der Waals surface area contributed by atoms with Crippen LogP contribution in [-0.4, -0.2) is 47.0 Å². The number of piperazine rings is 1. The topological polar surface area (TPSA) is 49.3 Å². The molecule has 1 aliphatic heterocycles. The van der Waals surface area contributed by atoms with E-state index in [0.29, 0.717) is 5.92 Å². The van der Waals surface area contributed by atoms with Gasteiger partial charge in [0.05, 0.1) is 0 Å². The Kier molecular flexibility index (Phi) is 3.92. The number of aromatic nitrogens is 2. The molecule has 1 aromatic heterocycles. The van der Waals surface area contributed by atoms with E-state index < -0.39 is 0 Å². The highest BCUT2D eigenvalue weighted by Crippen LogP contribution is 2.38. The predicted molar refractivity (Wildman–Crippen MR) is 93.3 cm³/mol. The molecule has 2 aromatic rings. The number of amides is 1. The van der Waals surface area contributed by atoms with Crippen molar-refractivity contribution < 1.29 is 4.79 Å². The number of carbonyl (C=O) groups excluding carboxylic acids is 1. The largest absolute Gasteiger partial charge is 0.353 e. The molecule has 1 aromatic carbocycles. The highest BCUT2D eigenvalue weighted by Gasteiger charge is 2.28. The molecule has 4 rings (SSSR count). The van der Waals surface area contributed by atoms with Crippen molar-refractivity contribution in [1.82, 2.24) is 14.9 Å². The molecule has 0 N–H and O–H groups in total. The van der Waals surface area contributed by atoms with Gasteiger partial charge in [0.1, 0.15) is 11.6 Å². The van der Waals surface area contributed by atoms with Crippen LogP contribution in [0.1, 0.15) is 40.6 Å². The molecule has 0 bridgehead atoms. The average molecular weight is 322 g/mol. The minimum absolute atomic E-state index is 0.118. The van der Waals surface area contributed by atoms with E-state index in [1.165, 1.54) is 12.8 Å². The van der Waals surface area contributed by atoms with Crippen LogP contribution < -0.4 is 4.90 Å². The highest BCUT2D eigenvalue weighted by molar-refractivity contribution is 5.94. The number of anilines is 1. The van der Waals surface area contributed by atoms with Gasteiger partial charge in [-0.3, -0.25) is 4.79 Å². The molecule has 1 saturated heterocycles. The summed E-state index contributed by atoms with van der Waals surface area (Å²) in [7, 11) is 0. The van der Waals surface area contributed by atoms with Crippen molar-refractivity contribution in [3.8, 4) is 0 Å². The molecule has 0 radical (unpaired) electrons. The van der Waals surface area contributed by atoms with Gasteiger partial charge in [-0.1, -0.05) is 18.2 Å². The van der Waals surface area contributed by atoms with Gasteiger partial charge in [-0.2, -0.15) is 0 Å². The van der Waals surface area contributed by atoms with Crippen molar-refractivity contribution in [2.24, 2.45) is 0 Å². The molecule has 2 heterocycles. The van der Waals surface area contributed by atoms with Crippen LogP contribution in [0.15, 0.2) is 36.4 Å². The Hall–Kier alpha value is -2.43. The summed E-state index contributed by atoms with van der Waals surface area (Å²) in [6.07, 6.45) is 2.42. The molecule has 2 aliphatic rings. The van der Waals surface area contributed by atoms with Gasteiger partial charge in [0.25, 0.3) is 5.91 Å². The summed E-state index contributed by atoms with van der Waals surface area (Å²) in [6.45, 7) is 5.13. The SMILES string of the molecule is Cc1cc(N2CCN(C(=O)c3ccccc3)CC2)nc(C2CC2)n1. The van der Waals surface area contributed by atoms with E-state index in [1.807, 2.05) is 42.2 Å². The van der Waals surface area contributed by atoms with Crippen molar-refractivity contribution >= 4 is 11.7 Å². The van der Waals surface area contributed by atoms with Crippen molar-refractivity contribution in [2.45, 2.75) is 25.7 Å². The average Bonchev–Trinajstić information content (AvgIpc) is 3.47. The van der Waals surface area contributed by atoms with Crippen LogP contribution in [0.2, 0.25) is 0 Å². The summed E-state index contributed by atoms with van der Waals surface area (Å²) in [6, 6.07) is 11.6. The van der Waals surface area contributed by atoms with Crippen molar-refractivity contribution in [3.63, 3.8) is 0 Å². The van der Waals surface area contributed by atoms with Gasteiger partial charge in [-0.05, 0) is 31.9 Å². The van der Waals surface area contributed by atoms with Gasteiger partial charge in [0, 0.05) is 49.4 Å². The van der Waals surface area contributed by atoms with Crippen molar-refractivity contribution in [1.29, 1.82) is 0 Å². The van der Waals surface area contributed by atoms with E-state index in [4.69, 9.17) is 4.98 Å². The highest BCUT2D eigenvalue weighted by atomic mass is 16.2. The first-order chi connectivity index (χ1) is 11.7. The molecule has 0 unspecified atom stereocenters. The Balaban J connectivity index is 1.44. The van der Waals surface area contributed by atoms with Gasteiger partial charge in [0.2, 0.25) is 0 Å². The van der Waals surface area contributed by atoms with Crippen LogP contribution in [0.3, 0.4) is 0 Å². The quantitative estimate of drug-likeness (QED) is 0.871. The third-order valence-electron chi connectivity index (χ3n) is 4.71. The lowest BCUT2D eigenvalue weighted by atomic mass is 10.2. The zero-order valence-electron chi connectivity index (χ0n) is 14.0. The van der Waals surface area contributed by atoms with Crippen molar-refractivity contribution in [3.05, 3.63) is 53.5 Å². The zero-order chi connectivity index (χ0) is 16.5. The Morgan fingerprint density at radius 2 is 1.75 bits per heavy atom. The molecule has 1 aliphatic carbocycles. The maximum atomic E-state index is 12.5. The fourth-order valence-electron chi connectivity index (χ4n) is 3.16. The normalized spacial score (nSPS) is 17.9. The van der Waals surface area contributed by atoms with E-state index in [-0.39, 0.29) is 5.91 Å². The number of hydrogen-bond acceptors (Lipinski definition) is 4. The first kappa shape index (κ1) is 15.1. The number of benzene rings is 1. The monoisotopic (exact) mass is 322 g/mol. The van der Waals surface area contributed by atoms with E-state index >= 15 is 0 Å². The minimum atomic E-state index is 0.118. The van der Waals surface area contributed by atoms with E-state index in [1.54, 1.807) is 0 Å². The summed E-state index contributed by atoms with van der Waals surface area (Å²) in [4.78, 5) is 26.1. The second-order valence-electron chi connectivity index (χ2n) is 6.65. The summed E-state index contributed by atoms with van der Waals surface area (Å²) < 4.78 is 0. The number of carbonyl (C=O) groups is 1. The van der Waals surface area contributed by atoms with Gasteiger partial charge in [-0.15, -0.1) is 0 Å². The van der Waals surface area contributed by atoms with E-state index in [2.05, 4.69) is 16.0 Å². The Bertz CT molecular complexity index is 734. The Labute approximate surface area is 142 Å². The first-order valence-electron chi connectivity index (χ1n) is 8.65. The van der Waals surface area contributed by atoms with Crippen LogP contribution in [0.25, 0.3) is 0 Å². The number of aryl methyl sites for hydroxylation is 1. The Morgan fingerprint density at radius 1 is 1.04 bits per heavy atom. The lowest BCUT2D eigenvalue weighted by Gasteiger charge is -2.35.